The number of urea groups is 1. The van der Waals surface area contributed by atoms with E-state index in [9.17, 15) is 9.59 Å². The molecule has 2 aromatic carbocycles. The van der Waals surface area contributed by atoms with Gasteiger partial charge in [-0.25, -0.2) is 4.79 Å². The van der Waals surface area contributed by atoms with Crippen molar-refractivity contribution in [2.75, 3.05) is 31.8 Å². The van der Waals surface area contributed by atoms with Crippen LogP contribution in [0.25, 0.3) is 0 Å². The molecule has 0 aromatic heterocycles. The predicted molar refractivity (Wildman–Crippen MR) is 109 cm³/mol. The number of Topliss-reactive ketones (excluding diaryl/α,β-unsaturated/α-hetero) is 1. The minimum Gasteiger partial charge on any atom is -0.496 e. The molecule has 0 aliphatic carbocycles. The number of hydrogen-bond acceptors (Lipinski definition) is 4. The van der Waals surface area contributed by atoms with Gasteiger partial charge in [0.05, 0.1) is 12.7 Å². The molecule has 27 heavy (non-hydrogen) atoms. The molecule has 2 amide bonds. The fourth-order valence-corrected chi connectivity index (χ4v) is 3.81. The first-order valence-electron chi connectivity index (χ1n) is 8.99. The van der Waals surface area contributed by atoms with Crippen molar-refractivity contribution >= 4 is 29.3 Å². The number of para-hydroxylation sites is 1. The van der Waals surface area contributed by atoms with Crippen molar-refractivity contribution in [1.29, 1.82) is 0 Å². The molecule has 0 saturated carbocycles. The van der Waals surface area contributed by atoms with Gasteiger partial charge in [0.15, 0.2) is 5.78 Å². The molecule has 1 heterocycles. The molecule has 5 nitrogen and oxygen atoms in total. The zero-order chi connectivity index (χ0) is 19.2. The number of anilines is 1. The van der Waals surface area contributed by atoms with Crippen molar-refractivity contribution in [2.24, 2.45) is 5.92 Å². The van der Waals surface area contributed by atoms with Gasteiger partial charge in [0, 0.05) is 29.6 Å². The first-order chi connectivity index (χ1) is 13.1. The van der Waals surface area contributed by atoms with Gasteiger partial charge in [0.2, 0.25) is 0 Å². The van der Waals surface area contributed by atoms with Crippen molar-refractivity contribution in [1.82, 2.24) is 4.90 Å². The van der Waals surface area contributed by atoms with Crippen LogP contribution in [0.2, 0.25) is 0 Å². The molecule has 0 unspecified atom stereocenters. The number of ether oxygens (including phenoxy) is 1. The number of carbonyl (C=O) groups is 2. The van der Waals surface area contributed by atoms with Crippen LogP contribution >= 0.6 is 11.8 Å². The summed E-state index contributed by atoms with van der Waals surface area (Å²) in [5.41, 5.74) is 1.35. The zero-order valence-corrected chi connectivity index (χ0v) is 16.4. The number of nitrogens with zero attached hydrogens (tertiary/aromatic N) is 1. The van der Waals surface area contributed by atoms with E-state index in [-0.39, 0.29) is 17.7 Å². The number of hydrogen-bond donors (Lipinski definition) is 1. The van der Waals surface area contributed by atoms with Crippen LogP contribution in [0.15, 0.2) is 53.4 Å². The lowest BCUT2D eigenvalue weighted by Gasteiger charge is -2.32. The summed E-state index contributed by atoms with van der Waals surface area (Å²) in [7, 11) is 1.56. The Bertz CT molecular complexity index is 825. The highest BCUT2D eigenvalue weighted by atomic mass is 32.2. The molecule has 2 aromatic rings. The Labute approximate surface area is 164 Å². The van der Waals surface area contributed by atoms with Crippen LogP contribution in [-0.4, -0.2) is 43.2 Å². The Hall–Kier alpha value is -2.47. The van der Waals surface area contributed by atoms with Crippen LogP contribution in [0.4, 0.5) is 10.5 Å². The van der Waals surface area contributed by atoms with Gasteiger partial charge in [0.1, 0.15) is 5.75 Å². The first kappa shape index (κ1) is 19.3. The molecular formula is C21H24N2O3S. The Kier molecular flexibility index (Phi) is 6.40. The maximum atomic E-state index is 12.9. The Morgan fingerprint density at radius 1 is 1.19 bits per heavy atom. The highest BCUT2D eigenvalue weighted by Crippen LogP contribution is 2.27. The molecule has 3 rings (SSSR count). The third-order valence-electron chi connectivity index (χ3n) is 4.77. The smallest absolute Gasteiger partial charge is 0.321 e. The highest BCUT2D eigenvalue weighted by Gasteiger charge is 2.30. The summed E-state index contributed by atoms with van der Waals surface area (Å²) in [5, 5.41) is 2.95. The third-order valence-corrected chi connectivity index (χ3v) is 5.50. The monoisotopic (exact) mass is 384 g/mol. The molecule has 142 valence electrons. The maximum Gasteiger partial charge on any atom is 0.321 e. The summed E-state index contributed by atoms with van der Waals surface area (Å²) in [6.07, 6.45) is 3.59. The minimum atomic E-state index is -0.210. The van der Waals surface area contributed by atoms with E-state index in [1.165, 1.54) is 0 Å². The topological polar surface area (TPSA) is 58.6 Å². The first-order valence-corrected chi connectivity index (χ1v) is 10.2. The quantitative estimate of drug-likeness (QED) is 0.607. The van der Waals surface area contributed by atoms with E-state index in [0.717, 1.165) is 23.4 Å². The van der Waals surface area contributed by atoms with Crippen molar-refractivity contribution in [3.8, 4) is 5.75 Å². The van der Waals surface area contributed by atoms with Crippen molar-refractivity contribution in [2.45, 2.75) is 17.7 Å². The normalized spacial score (nSPS) is 16.7. The third kappa shape index (κ3) is 4.63. The number of nitrogens with one attached hydrogen (secondary N) is 1. The summed E-state index contributed by atoms with van der Waals surface area (Å²) in [4.78, 5) is 28.4. The van der Waals surface area contributed by atoms with Gasteiger partial charge in [0.25, 0.3) is 0 Å². The molecule has 1 aliphatic heterocycles. The Morgan fingerprint density at radius 2 is 2.00 bits per heavy atom. The SMILES string of the molecule is COc1ccccc1C(=O)[C@@H]1CCCN(C(=O)Nc2cccc(SC)c2)C1. The molecule has 1 atom stereocenters. The van der Waals surface area contributed by atoms with Gasteiger partial charge >= 0.3 is 6.03 Å². The van der Waals surface area contributed by atoms with Crippen LogP contribution in [0.3, 0.4) is 0 Å². The number of rotatable bonds is 5. The lowest BCUT2D eigenvalue weighted by atomic mass is 9.89. The molecule has 0 bridgehead atoms. The molecule has 0 spiro atoms. The molecule has 6 heteroatoms. The average Bonchev–Trinajstić information content (AvgIpc) is 2.73. The second-order valence-electron chi connectivity index (χ2n) is 6.51. The summed E-state index contributed by atoms with van der Waals surface area (Å²) in [6.45, 7) is 1.08. The molecule has 1 N–H and O–H groups in total. The largest absolute Gasteiger partial charge is 0.496 e. The molecule has 1 fully saturated rings. The van der Waals surface area contributed by atoms with E-state index in [1.807, 2.05) is 42.7 Å². The lowest BCUT2D eigenvalue weighted by molar-refractivity contribution is 0.0848. The summed E-state index contributed by atoms with van der Waals surface area (Å²) < 4.78 is 5.32. The van der Waals surface area contributed by atoms with Gasteiger partial charge in [-0.2, -0.15) is 0 Å². The van der Waals surface area contributed by atoms with E-state index < -0.39 is 0 Å². The van der Waals surface area contributed by atoms with Crippen LogP contribution in [0, 0.1) is 5.92 Å². The van der Waals surface area contributed by atoms with E-state index >= 15 is 0 Å². The van der Waals surface area contributed by atoms with Gasteiger partial charge in [-0.05, 0) is 49.4 Å². The fourth-order valence-electron chi connectivity index (χ4n) is 3.35. The van der Waals surface area contributed by atoms with Crippen molar-refractivity contribution in [3.63, 3.8) is 0 Å². The van der Waals surface area contributed by atoms with E-state index in [0.29, 0.717) is 24.4 Å². The van der Waals surface area contributed by atoms with Crippen molar-refractivity contribution < 1.29 is 14.3 Å². The number of benzene rings is 2. The summed E-state index contributed by atoms with van der Waals surface area (Å²) in [5.74, 6) is 0.408. The van der Waals surface area contributed by atoms with E-state index in [4.69, 9.17) is 4.74 Å². The number of methoxy groups -OCH3 is 1. The number of thioether (sulfide) groups is 1. The van der Waals surface area contributed by atoms with E-state index in [1.54, 1.807) is 35.9 Å². The maximum absolute atomic E-state index is 12.9. The Balaban J connectivity index is 1.68. The minimum absolute atomic E-state index is 0.0364. The number of likely N-dealkylation sites (tertiary alicyclic amines) is 1. The average molecular weight is 385 g/mol. The molecule has 1 saturated heterocycles. The number of piperidine rings is 1. The van der Waals surface area contributed by atoms with Crippen LogP contribution in [0.5, 0.6) is 5.75 Å². The zero-order valence-electron chi connectivity index (χ0n) is 15.6. The highest BCUT2D eigenvalue weighted by molar-refractivity contribution is 7.98. The van der Waals surface area contributed by atoms with Gasteiger partial charge < -0.3 is 15.0 Å². The molecule has 1 aliphatic rings. The Morgan fingerprint density at radius 3 is 2.78 bits per heavy atom. The number of amides is 2. The van der Waals surface area contributed by atoms with Gasteiger partial charge in [-0.3, -0.25) is 4.79 Å². The lowest BCUT2D eigenvalue weighted by Crippen LogP contribution is -2.44. The van der Waals surface area contributed by atoms with Gasteiger partial charge in [-0.15, -0.1) is 11.8 Å². The second kappa shape index (κ2) is 8.95. The van der Waals surface area contributed by atoms with Crippen LogP contribution < -0.4 is 10.1 Å². The standard InChI is InChI=1S/C21H24N2O3S/c1-26-19-11-4-3-10-18(19)20(24)15-7-6-12-23(14-15)21(25)22-16-8-5-9-17(13-16)27-2/h3-5,8-11,13,15H,6-7,12,14H2,1-2H3,(H,22,25)/t15-/m1/s1. The summed E-state index contributed by atoms with van der Waals surface area (Å²) >= 11 is 1.63. The van der Waals surface area contributed by atoms with Crippen molar-refractivity contribution in [3.05, 3.63) is 54.1 Å². The summed E-state index contributed by atoms with van der Waals surface area (Å²) in [6, 6.07) is 14.8. The second-order valence-corrected chi connectivity index (χ2v) is 7.39. The van der Waals surface area contributed by atoms with E-state index in [2.05, 4.69) is 5.32 Å². The van der Waals surface area contributed by atoms with Crippen LogP contribution in [0.1, 0.15) is 23.2 Å². The molecular weight excluding hydrogens is 360 g/mol. The predicted octanol–water partition coefficient (Wildman–Crippen LogP) is 4.54. The van der Waals surface area contributed by atoms with Crippen LogP contribution in [-0.2, 0) is 0 Å². The number of ketones is 1. The van der Waals surface area contributed by atoms with Gasteiger partial charge in [-0.1, -0.05) is 18.2 Å². The fraction of sp³-hybridized carbons (Fsp3) is 0.333. The number of carbonyl (C=O) groups excluding carboxylic acids is 2. The molecule has 0 radical (unpaired) electrons.